The number of nitrogens with one attached hydrogen (secondary N) is 2. The molecule has 1 aliphatic rings. The summed E-state index contributed by atoms with van der Waals surface area (Å²) >= 11 is 1.60. The molecule has 4 aromatic rings. The van der Waals surface area contributed by atoms with E-state index in [1.54, 1.807) is 42.1 Å². The quantitative estimate of drug-likeness (QED) is 0.228. The Hall–Kier alpha value is -3.53. The Labute approximate surface area is 213 Å². The van der Waals surface area contributed by atoms with Gasteiger partial charge in [-0.15, -0.1) is 0 Å². The minimum absolute atomic E-state index is 0.0383. The number of hydrogen-bond acceptors (Lipinski definition) is 7. The number of aromatic nitrogens is 2. The van der Waals surface area contributed by atoms with Crippen LogP contribution >= 0.6 is 11.8 Å². The molecule has 0 bridgehead atoms. The molecular formula is C27H28N4O4S. The third-order valence-electron chi connectivity index (χ3n) is 5.96. The maximum atomic E-state index is 12.5. The Balaban J connectivity index is 1.13. The number of morpholine rings is 1. The van der Waals surface area contributed by atoms with Crippen molar-refractivity contribution in [3.8, 4) is 11.5 Å². The van der Waals surface area contributed by atoms with Crippen molar-refractivity contribution in [2.75, 3.05) is 44.8 Å². The lowest BCUT2D eigenvalue weighted by Crippen LogP contribution is -2.38. The fourth-order valence-corrected chi connectivity index (χ4v) is 4.76. The van der Waals surface area contributed by atoms with Gasteiger partial charge in [0.1, 0.15) is 18.1 Å². The summed E-state index contributed by atoms with van der Waals surface area (Å²) in [6, 6.07) is 20.0. The van der Waals surface area contributed by atoms with Gasteiger partial charge in [0.15, 0.2) is 5.16 Å². The Bertz CT molecular complexity index is 1320. The van der Waals surface area contributed by atoms with Gasteiger partial charge in [0.2, 0.25) is 0 Å². The summed E-state index contributed by atoms with van der Waals surface area (Å²) in [5, 5.41) is 13.4. The second kappa shape index (κ2) is 11.5. The summed E-state index contributed by atoms with van der Waals surface area (Å²) in [5.74, 6) is 1.31. The van der Waals surface area contributed by atoms with Gasteiger partial charge < -0.3 is 24.9 Å². The number of ether oxygens (including phenoxy) is 2. The molecule has 1 aromatic heterocycles. The molecule has 0 atom stereocenters. The Morgan fingerprint density at radius 1 is 1.11 bits per heavy atom. The van der Waals surface area contributed by atoms with E-state index in [1.165, 1.54) is 6.07 Å². The zero-order valence-corrected chi connectivity index (χ0v) is 20.6. The van der Waals surface area contributed by atoms with E-state index in [-0.39, 0.29) is 11.7 Å². The van der Waals surface area contributed by atoms with Gasteiger partial charge in [0, 0.05) is 37.0 Å². The number of para-hydroxylation sites is 2. The lowest BCUT2D eigenvalue weighted by molar-refractivity contribution is 0.0322. The maximum absolute atomic E-state index is 12.5. The zero-order valence-electron chi connectivity index (χ0n) is 19.8. The van der Waals surface area contributed by atoms with Crippen molar-refractivity contribution in [3.63, 3.8) is 0 Å². The van der Waals surface area contributed by atoms with E-state index in [0.29, 0.717) is 23.6 Å². The average Bonchev–Trinajstić information content (AvgIpc) is 3.32. The molecule has 36 heavy (non-hydrogen) atoms. The van der Waals surface area contributed by atoms with Gasteiger partial charge >= 0.3 is 0 Å². The van der Waals surface area contributed by atoms with Crippen molar-refractivity contribution in [2.24, 2.45) is 0 Å². The van der Waals surface area contributed by atoms with Crippen LogP contribution in [-0.4, -0.2) is 65.3 Å². The lowest BCUT2D eigenvalue weighted by Gasteiger charge is -2.26. The second-order valence-electron chi connectivity index (χ2n) is 8.48. The predicted molar refractivity (Wildman–Crippen MR) is 141 cm³/mol. The van der Waals surface area contributed by atoms with Crippen molar-refractivity contribution in [2.45, 2.75) is 10.9 Å². The molecule has 0 aliphatic carbocycles. The van der Waals surface area contributed by atoms with Crippen LogP contribution in [0.5, 0.6) is 11.5 Å². The molecule has 1 saturated heterocycles. The van der Waals surface area contributed by atoms with Gasteiger partial charge in [-0.2, -0.15) is 0 Å². The van der Waals surface area contributed by atoms with Crippen molar-refractivity contribution < 1.29 is 19.4 Å². The van der Waals surface area contributed by atoms with Gasteiger partial charge in [0.25, 0.3) is 5.91 Å². The highest BCUT2D eigenvalue weighted by atomic mass is 32.2. The summed E-state index contributed by atoms with van der Waals surface area (Å²) in [5.41, 5.74) is 3.83. The predicted octanol–water partition coefficient (Wildman–Crippen LogP) is 4.52. The Morgan fingerprint density at radius 3 is 2.72 bits per heavy atom. The normalized spacial score (nSPS) is 14.1. The van der Waals surface area contributed by atoms with E-state index in [0.717, 1.165) is 60.4 Å². The highest BCUT2D eigenvalue weighted by molar-refractivity contribution is 7.98. The van der Waals surface area contributed by atoms with Crippen LogP contribution in [0.4, 0.5) is 5.69 Å². The number of rotatable bonds is 9. The van der Waals surface area contributed by atoms with Crippen molar-refractivity contribution in [1.29, 1.82) is 0 Å². The molecule has 0 radical (unpaired) electrons. The number of carbonyl (C=O) groups excluding carboxylic acids is 1. The molecule has 1 amide bonds. The number of anilines is 1. The van der Waals surface area contributed by atoms with Crippen LogP contribution in [0.1, 0.15) is 15.9 Å². The summed E-state index contributed by atoms with van der Waals surface area (Å²) in [6.07, 6.45) is 0. The molecule has 0 unspecified atom stereocenters. The van der Waals surface area contributed by atoms with E-state index in [4.69, 9.17) is 9.47 Å². The molecule has 9 heteroatoms. The molecule has 0 saturated carbocycles. The number of amides is 1. The number of fused-ring (bicyclic) bond motifs is 1. The van der Waals surface area contributed by atoms with Crippen LogP contribution in [0.3, 0.4) is 0 Å². The molecule has 8 nitrogen and oxygen atoms in total. The summed E-state index contributed by atoms with van der Waals surface area (Å²) in [6.45, 7) is 5.02. The maximum Gasteiger partial charge on any atom is 0.255 e. The first-order valence-corrected chi connectivity index (χ1v) is 12.9. The molecular weight excluding hydrogens is 476 g/mol. The first-order valence-electron chi connectivity index (χ1n) is 11.9. The molecule has 1 fully saturated rings. The first kappa shape index (κ1) is 24.2. The zero-order chi connectivity index (χ0) is 24.7. The van der Waals surface area contributed by atoms with Crippen molar-refractivity contribution in [1.82, 2.24) is 14.9 Å². The van der Waals surface area contributed by atoms with Crippen LogP contribution in [0.25, 0.3) is 11.0 Å². The fourth-order valence-electron chi connectivity index (χ4n) is 3.92. The number of imidazole rings is 1. The number of phenolic OH excluding ortho intramolecular Hbond substituents is 1. The minimum Gasteiger partial charge on any atom is -0.506 e. The number of aromatic hydroxyl groups is 1. The van der Waals surface area contributed by atoms with Gasteiger partial charge in [-0.1, -0.05) is 36.0 Å². The number of carbonyl (C=O) groups is 1. The number of aromatic amines is 1. The second-order valence-corrected chi connectivity index (χ2v) is 9.44. The fraction of sp³-hybridized carbons (Fsp3) is 0.259. The summed E-state index contributed by atoms with van der Waals surface area (Å²) < 4.78 is 11.3. The largest absolute Gasteiger partial charge is 0.506 e. The first-order chi connectivity index (χ1) is 17.6. The van der Waals surface area contributed by atoms with Gasteiger partial charge in [-0.05, 0) is 42.0 Å². The van der Waals surface area contributed by atoms with Crippen molar-refractivity contribution in [3.05, 3.63) is 77.9 Å². The van der Waals surface area contributed by atoms with Crippen LogP contribution in [0.2, 0.25) is 0 Å². The van der Waals surface area contributed by atoms with E-state index >= 15 is 0 Å². The van der Waals surface area contributed by atoms with Crippen LogP contribution in [0, 0.1) is 0 Å². The Morgan fingerprint density at radius 2 is 1.92 bits per heavy atom. The number of thioether (sulfide) groups is 1. The third kappa shape index (κ3) is 6.17. The van der Waals surface area contributed by atoms with Gasteiger partial charge in [-0.3, -0.25) is 9.69 Å². The van der Waals surface area contributed by atoms with Crippen molar-refractivity contribution >= 4 is 34.4 Å². The van der Waals surface area contributed by atoms with Gasteiger partial charge in [0.05, 0.1) is 29.9 Å². The highest BCUT2D eigenvalue weighted by Gasteiger charge is 2.11. The topological polar surface area (TPSA) is 99.7 Å². The molecule has 0 spiro atoms. The van der Waals surface area contributed by atoms with E-state index in [1.807, 2.05) is 30.3 Å². The number of nitrogens with zero attached hydrogens (tertiary/aromatic N) is 2. The molecule has 3 N–H and O–H groups in total. The molecule has 3 aromatic carbocycles. The van der Waals surface area contributed by atoms with E-state index < -0.39 is 0 Å². The van der Waals surface area contributed by atoms with E-state index in [9.17, 15) is 9.90 Å². The number of benzene rings is 3. The number of H-pyrrole nitrogens is 1. The van der Waals surface area contributed by atoms with Crippen LogP contribution in [-0.2, 0) is 10.5 Å². The highest BCUT2D eigenvalue weighted by Crippen LogP contribution is 2.26. The van der Waals surface area contributed by atoms with Crippen LogP contribution in [0.15, 0.2) is 71.9 Å². The Kier molecular flexibility index (Phi) is 7.70. The minimum atomic E-state index is -0.268. The standard InChI is InChI=1S/C27H28N4O4S/c32-25-4-2-1-3-23(25)28-26(33)20-7-5-19(6-8-20)18-36-27-29-22-10-9-21(17-24(22)30-27)35-16-13-31-11-14-34-15-12-31/h1-10,17,32H,11-16,18H2,(H,28,33)(H,29,30). The SMILES string of the molecule is O=C(Nc1ccccc1O)c1ccc(CSc2nc3ccc(OCCN4CCOCC4)cc3[nH]2)cc1. The molecule has 1 aliphatic heterocycles. The molecule has 5 rings (SSSR count). The summed E-state index contributed by atoms with van der Waals surface area (Å²) in [7, 11) is 0. The molecule has 2 heterocycles. The monoisotopic (exact) mass is 504 g/mol. The average molecular weight is 505 g/mol. The number of phenols is 1. The summed E-state index contributed by atoms with van der Waals surface area (Å²) in [4.78, 5) is 22.8. The smallest absolute Gasteiger partial charge is 0.255 e. The van der Waals surface area contributed by atoms with E-state index in [2.05, 4.69) is 20.2 Å². The van der Waals surface area contributed by atoms with Gasteiger partial charge in [-0.25, -0.2) is 4.98 Å². The number of hydrogen-bond donors (Lipinski definition) is 3. The lowest BCUT2D eigenvalue weighted by atomic mass is 10.1. The third-order valence-corrected chi connectivity index (χ3v) is 6.90. The molecule has 186 valence electrons. The van der Waals surface area contributed by atoms with Crippen LogP contribution < -0.4 is 10.1 Å².